The molecule has 4 nitrogen and oxygen atoms in total. The first kappa shape index (κ1) is 17.6. The largest absolute Gasteiger partial charge is 0.494 e. The molecule has 0 saturated carbocycles. The van der Waals surface area contributed by atoms with Gasteiger partial charge >= 0.3 is 6.09 Å². The van der Waals surface area contributed by atoms with Gasteiger partial charge in [-0.1, -0.05) is 46.5 Å². The highest BCUT2D eigenvalue weighted by Crippen LogP contribution is 2.19. The van der Waals surface area contributed by atoms with Gasteiger partial charge in [0.2, 0.25) is 0 Å². The molecule has 112 valence electrons. The standard InChI is InChI=1S/C15H19BBrNO3/c1-2-5-21-15(19)18-4-3-6-20-14-8-12(10-16)7-13(9-14)11-17/h2,7-9H,1,3-6,10-11H2,(H,18,19). The van der Waals surface area contributed by atoms with E-state index in [2.05, 4.69) is 27.8 Å². The number of alkyl carbamates (subject to hydrolysis) is 1. The van der Waals surface area contributed by atoms with E-state index < -0.39 is 6.09 Å². The Labute approximate surface area is 135 Å². The van der Waals surface area contributed by atoms with E-state index in [1.54, 1.807) is 0 Å². The van der Waals surface area contributed by atoms with Gasteiger partial charge in [-0.25, -0.2) is 4.79 Å². The van der Waals surface area contributed by atoms with Gasteiger partial charge < -0.3 is 14.8 Å². The summed E-state index contributed by atoms with van der Waals surface area (Å²) in [4.78, 5) is 11.2. The zero-order valence-electron chi connectivity index (χ0n) is 11.9. The molecule has 2 radical (unpaired) electrons. The molecule has 0 spiro atoms. The molecular weight excluding hydrogens is 333 g/mol. The van der Waals surface area contributed by atoms with Gasteiger partial charge in [-0.15, -0.1) is 0 Å². The second-order valence-electron chi connectivity index (χ2n) is 4.34. The van der Waals surface area contributed by atoms with E-state index in [-0.39, 0.29) is 6.61 Å². The van der Waals surface area contributed by atoms with Crippen molar-refractivity contribution in [2.45, 2.75) is 18.1 Å². The first-order valence-electron chi connectivity index (χ1n) is 6.72. The van der Waals surface area contributed by atoms with Crippen LogP contribution in [-0.2, 0) is 16.4 Å². The molecular formula is C15H19BBrNO3. The van der Waals surface area contributed by atoms with Gasteiger partial charge in [0.15, 0.2) is 0 Å². The van der Waals surface area contributed by atoms with E-state index in [1.165, 1.54) is 6.08 Å². The van der Waals surface area contributed by atoms with Crippen LogP contribution in [0.25, 0.3) is 0 Å². The Morgan fingerprint density at radius 2 is 2.14 bits per heavy atom. The fourth-order valence-corrected chi connectivity index (χ4v) is 1.97. The van der Waals surface area contributed by atoms with E-state index in [0.29, 0.717) is 25.9 Å². The second kappa shape index (κ2) is 10.3. The zero-order valence-corrected chi connectivity index (χ0v) is 13.5. The molecule has 0 heterocycles. The van der Waals surface area contributed by atoms with Gasteiger partial charge in [0.1, 0.15) is 12.4 Å². The molecule has 1 amide bonds. The number of rotatable bonds is 9. The Kier molecular flexibility index (Phi) is 8.66. The van der Waals surface area contributed by atoms with Gasteiger partial charge in [0.05, 0.1) is 14.5 Å². The van der Waals surface area contributed by atoms with Crippen LogP contribution in [0.5, 0.6) is 5.75 Å². The van der Waals surface area contributed by atoms with Crippen molar-refractivity contribution in [3.63, 3.8) is 0 Å². The highest BCUT2D eigenvalue weighted by Gasteiger charge is 2.02. The second-order valence-corrected chi connectivity index (χ2v) is 4.90. The van der Waals surface area contributed by atoms with Crippen LogP contribution in [-0.4, -0.2) is 33.7 Å². The van der Waals surface area contributed by atoms with E-state index >= 15 is 0 Å². The van der Waals surface area contributed by atoms with Crippen molar-refractivity contribution < 1.29 is 14.3 Å². The number of nitrogens with one attached hydrogen (secondary N) is 1. The average Bonchev–Trinajstić information content (AvgIpc) is 2.52. The molecule has 1 N–H and O–H groups in total. The minimum absolute atomic E-state index is 0.212. The molecule has 0 aliphatic rings. The highest BCUT2D eigenvalue weighted by atomic mass is 79.9. The predicted molar refractivity (Wildman–Crippen MR) is 88.2 cm³/mol. The number of ether oxygens (including phenoxy) is 2. The van der Waals surface area contributed by atoms with Crippen molar-refractivity contribution in [3.05, 3.63) is 42.0 Å². The number of benzene rings is 1. The molecule has 0 atom stereocenters. The van der Waals surface area contributed by atoms with E-state index in [1.807, 2.05) is 18.2 Å². The smallest absolute Gasteiger partial charge is 0.407 e. The monoisotopic (exact) mass is 351 g/mol. The molecule has 21 heavy (non-hydrogen) atoms. The number of halogens is 1. The van der Waals surface area contributed by atoms with Crippen molar-refractivity contribution in [1.82, 2.24) is 5.32 Å². The van der Waals surface area contributed by atoms with Gasteiger partial charge in [0.25, 0.3) is 0 Å². The van der Waals surface area contributed by atoms with Crippen LogP contribution < -0.4 is 10.1 Å². The summed E-state index contributed by atoms with van der Waals surface area (Å²) in [5, 5.41) is 3.39. The molecule has 0 bridgehead atoms. The summed E-state index contributed by atoms with van der Waals surface area (Å²) in [6.07, 6.45) is 2.25. The van der Waals surface area contributed by atoms with Gasteiger partial charge in [-0.2, -0.15) is 0 Å². The van der Waals surface area contributed by atoms with Crippen molar-refractivity contribution >= 4 is 29.9 Å². The van der Waals surface area contributed by atoms with E-state index in [4.69, 9.17) is 17.3 Å². The topological polar surface area (TPSA) is 47.6 Å². The van der Waals surface area contributed by atoms with Crippen LogP contribution >= 0.6 is 15.9 Å². The Balaban J connectivity index is 2.29. The Bertz CT molecular complexity index is 446. The fourth-order valence-electron chi connectivity index (χ4n) is 1.65. The van der Waals surface area contributed by atoms with Crippen LogP contribution in [0.4, 0.5) is 4.79 Å². The van der Waals surface area contributed by atoms with Gasteiger partial charge in [-0.05, 0) is 24.1 Å². The number of hydrogen-bond acceptors (Lipinski definition) is 3. The molecule has 0 saturated heterocycles. The lowest BCUT2D eigenvalue weighted by atomic mass is 9.95. The number of hydrogen-bond donors (Lipinski definition) is 1. The third kappa shape index (κ3) is 7.23. The van der Waals surface area contributed by atoms with Crippen LogP contribution in [0.3, 0.4) is 0 Å². The summed E-state index contributed by atoms with van der Waals surface area (Å²) in [5.41, 5.74) is 2.16. The third-order valence-corrected chi connectivity index (χ3v) is 3.26. The predicted octanol–water partition coefficient (Wildman–Crippen LogP) is 2.93. The minimum atomic E-state index is -0.443. The molecule has 1 rings (SSSR count). The lowest BCUT2D eigenvalue weighted by molar-refractivity contribution is 0.157. The van der Waals surface area contributed by atoms with Gasteiger partial charge in [-0.3, -0.25) is 0 Å². The van der Waals surface area contributed by atoms with Crippen molar-refractivity contribution in [2.75, 3.05) is 19.8 Å². The maximum absolute atomic E-state index is 11.2. The molecule has 1 aromatic carbocycles. The summed E-state index contributed by atoms with van der Waals surface area (Å²) in [6, 6.07) is 5.94. The lowest BCUT2D eigenvalue weighted by Crippen LogP contribution is -2.26. The van der Waals surface area contributed by atoms with Crippen LogP contribution in [0.1, 0.15) is 17.5 Å². The molecule has 1 aromatic rings. The molecule has 0 fully saturated rings. The molecule has 0 aromatic heterocycles. The maximum atomic E-state index is 11.2. The summed E-state index contributed by atoms with van der Waals surface area (Å²) >= 11 is 3.42. The van der Waals surface area contributed by atoms with E-state index in [9.17, 15) is 4.79 Å². The van der Waals surface area contributed by atoms with E-state index in [0.717, 1.165) is 22.2 Å². The van der Waals surface area contributed by atoms with Crippen LogP contribution in [0.15, 0.2) is 30.9 Å². The van der Waals surface area contributed by atoms with Crippen LogP contribution in [0, 0.1) is 0 Å². The summed E-state index contributed by atoms with van der Waals surface area (Å²) in [6.45, 7) is 4.69. The number of carbonyl (C=O) groups is 1. The average molecular weight is 352 g/mol. The van der Waals surface area contributed by atoms with Crippen molar-refractivity contribution in [2.24, 2.45) is 0 Å². The Hall–Kier alpha value is -1.43. The normalized spacial score (nSPS) is 9.95. The first-order valence-corrected chi connectivity index (χ1v) is 7.85. The van der Waals surface area contributed by atoms with Crippen molar-refractivity contribution in [3.8, 4) is 5.75 Å². The third-order valence-electron chi connectivity index (χ3n) is 2.61. The Morgan fingerprint density at radius 3 is 2.81 bits per heavy atom. The summed E-state index contributed by atoms with van der Waals surface area (Å²) in [5.74, 6) is 0.793. The quantitative estimate of drug-likeness (QED) is 0.322. The van der Waals surface area contributed by atoms with Gasteiger partial charge in [0, 0.05) is 11.9 Å². The molecule has 0 unspecified atom stereocenters. The first-order chi connectivity index (χ1) is 10.2. The zero-order chi connectivity index (χ0) is 15.5. The lowest BCUT2D eigenvalue weighted by Gasteiger charge is -2.10. The maximum Gasteiger partial charge on any atom is 0.407 e. The fraction of sp³-hybridized carbons (Fsp3) is 0.400. The molecule has 0 aliphatic heterocycles. The minimum Gasteiger partial charge on any atom is -0.494 e. The van der Waals surface area contributed by atoms with Crippen LogP contribution in [0.2, 0.25) is 0 Å². The SMILES string of the molecule is [B]Cc1cc(CBr)cc(OCCCNC(=O)OCC=C)c1. The number of amides is 1. The summed E-state index contributed by atoms with van der Waals surface area (Å²) < 4.78 is 10.5. The molecule has 6 heteroatoms. The highest BCUT2D eigenvalue weighted by molar-refractivity contribution is 9.08. The number of alkyl halides is 1. The molecule has 0 aliphatic carbocycles. The van der Waals surface area contributed by atoms with Crippen molar-refractivity contribution in [1.29, 1.82) is 0 Å². The summed E-state index contributed by atoms with van der Waals surface area (Å²) in [7, 11) is 5.65. The Morgan fingerprint density at radius 1 is 1.38 bits per heavy atom. The number of carbonyl (C=O) groups excluding carboxylic acids is 1.